The number of amides is 1. The molecule has 1 amide bonds. The average molecular weight is 361 g/mol. The van der Waals surface area contributed by atoms with Crippen LogP contribution in [0.4, 0.5) is 5.82 Å². The molecule has 0 saturated carbocycles. The maximum atomic E-state index is 12.3. The summed E-state index contributed by atoms with van der Waals surface area (Å²) < 4.78 is 17.2. The van der Waals surface area contributed by atoms with Crippen molar-refractivity contribution in [2.45, 2.75) is 24.9 Å². The van der Waals surface area contributed by atoms with Gasteiger partial charge in [0.05, 0.1) is 5.75 Å². The summed E-state index contributed by atoms with van der Waals surface area (Å²) >= 11 is 11.9. The molecular weight excluding hydrogens is 347 g/mol. The van der Waals surface area contributed by atoms with Crippen LogP contribution in [-0.4, -0.2) is 20.5 Å². The van der Waals surface area contributed by atoms with Gasteiger partial charge in [0.25, 0.3) is 0 Å². The lowest BCUT2D eigenvalue weighted by molar-refractivity contribution is -0.115. The maximum Gasteiger partial charge on any atom is 0.241 e. The van der Waals surface area contributed by atoms with Crippen molar-refractivity contribution < 1.29 is 13.5 Å². The number of rotatable bonds is 5. The SMILES string of the molecule is Cc1cc(NC(=O)C(C)S(=O)Cc2ccc(Cl)cc2Cl)no1. The first-order valence-electron chi connectivity index (χ1n) is 6.42. The summed E-state index contributed by atoms with van der Waals surface area (Å²) in [5, 5.41) is 6.44. The number of nitrogens with one attached hydrogen (secondary N) is 1. The minimum Gasteiger partial charge on any atom is -0.360 e. The summed E-state index contributed by atoms with van der Waals surface area (Å²) in [5.74, 6) is 0.659. The molecule has 118 valence electrons. The molecule has 1 heterocycles. The molecule has 0 aliphatic rings. The van der Waals surface area contributed by atoms with E-state index in [2.05, 4.69) is 10.5 Å². The van der Waals surface area contributed by atoms with Gasteiger partial charge < -0.3 is 9.84 Å². The Morgan fingerprint density at radius 1 is 1.41 bits per heavy atom. The zero-order valence-electron chi connectivity index (χ0n) is 11.9. The predicted molar refractivity (Wildman–Crippen MR) is 87.6 cm³/mol. The van der Waals surface area contributed by atoms with E-state index in [1.165, 1.54) is 0 Å². The van der Waals surface area contributed by atoms with Gasteiger partial charge in [-0.2, -0.15) is 0 Å². The zero-order valence-corrected chi connectivity index (χ0v) is 14.3. The van der Waals surface area contributed by atoms with Crippen molar-refractivity contribution in [3.63, 3.8) is 0 Å². The second-order valence-electron chi connectivity index (χ2n) is 4.72. The van der Waals surface area contributed by atoms with Crippen molar-refractivity contribution in [1.29, 1.82) is 0 Å². The number of halogens is 2. The monoisotopic (exact) mass is 360 g/mol. The Bertz CT molecular complexity index is 718. The standard InChI is InChI=1S/C14H14Cl2N2O3S/c1-8-5-13(18-21-8)17-14(19)9(2)22(20)7-10-3-4-11(15)6-12(10)16/h3-6,9H,7H2,1-2H3,(H,17,18,19). The first-order valence-corrected chi connectivity index (χ1v) is 8.56. The van der Waals surface area contributed by atoms with Crippen LogP contribution in [0.3, 0.4) is 0 Å². The Labute approximate surface area is 140 Å². The van der Waals surface area contributed by atoms with Gasteiger partial charge in [-0.05, 0) is 31.5 Å². The lowest BCUT2D eigenvalue weighted by atomic mass is 10.2. The molecule has 0 spiro atoms. The molecule has 1 aromatic carbocycles. The first-order chi connectivity index (χ1) is 10.4. The number of carbonyl (C=O) groups excluding carboxylic acids is 1. The maximum absolute atomic E-state index is 12.3. The fraction of sp³-hybridized carbons (Fsp3) is 0.286. The van der Waals surface area contributed by atoms with E-state index < -0.39 is 22.0 Å². The minimum absolute atomic E-state index is 0.169. The van der Waals surface area contributed by atoms with Crippen LogP contribution < -0.4 is 5.32 Å². The van der Waals surface area contributed by atoms with Gasteiger partial charge in [-0.1, -0.05) is 34.4 Å². The molecule has 0 saturated heterocycles. The van der Waals surface area contributed by atoms with Crippen LogP contribution in [0, 0.1) is 6.92 Å². The van der Waals surface area contributed by atoms with Crippen LogP contribution in [0.25, 0.3) is 0 Å². The molecule has 0 fully saturated rings. The van der Waals surface area contributed by atoms with Crippen LogP contribution in [0.15, 0.2) is 28.8 Å². The highest BCUT2D eigenvalue weighted by Crippen LogP contribution is 2.23. The molecule has 0 bridgehead atoms. The van der Waals surface area contributed by atoms with Gasteiger partial charge in [-0.3, -0.25) is 9.00 Å². The highest BCUT2D eigenvalue weighted by Gasteiger charge is 2.22. The van der Waals surface area contributed by atoms with Gasteiger partial charge in [0.15, 0.2) is 5.82 Å². The average Bonchev–Trinajstić information content (AvgIpc) is 2.86. The summed E-state index contributed by atoms with van der Waals surface area (Å²) in [6.45, 7) is 3.30. The highest BCUT2D eigenvalue weighted by molar-refractivity contribution is 7.85. The van der Waals surface area contributed by atoms with Crippen molar-refractivity contribution in [1.82, 2.24) is 5.16 Å². The Kier molecular flexibility index (Phi) is 5.61. The summed E-state index contributed by atoms with van der Waals surface area (Å²) in [7, 11) is -1.43. The van der Waals surface area contributed by atoms with Crippen molar-refractivity contribution in [3.05, 3.63) is 45.6 Å². The number of aromatic nitrogens is 1. The van der Waals surface area contributed by atoms with Crippen molar-refractivity contribution in [3.8, 4) is 0 Å². The molecule has 2 unspecified atom stereocenters. The molecule has 8 heteroatoms. The number of benzene rings is 1. The van der Waals surface area contributed by atoms with E-state index in [1.807, 2.05) is 0 Å². The van der Waals surface area contributed by atoms with Crippen molar-refractivity contribution >= 4 is 45.7 Å². The van der Waals surface area contributed by atoms with Crippen LogP contribution in [-0.2, 0) is 21.3 Å². The molecule has 1 N–H and O–H groups in total. The lowest BCUT2D eigenvalue weighted by Gasteiger charge is -2.11. The third-order valence-corrected chi connectivity index (χ3v) is 5.14. The van der Waals surface area contributed by atoms with E-state index in [0.717, 1.165) is 0 Å². The van der Waals surface area contributed by atoms with E-state index in [9.17, 15) is 9.00 Å². The number of hydrogen-bond donors (Lipinski definition) is 1. The van der Waals surface area contributed by atoms with E-state index in [0.29, 0.717) is 27.2 Å². The van der Waals surface area contributed by atoms with E-state index in [4.69, 9.17) is 27.7 Å². The lowest BCUT2D eigenvalue weighted by Crippen LogP contribution is -2.29. The molecule has 2 rings (SSSR count). The topological polar surface area (TPSA) is 72.2 Å². The minimum atomic E-state index is -1.43. The predicted octanol–water partition coefficient (Wildman–Crippen LogP) is 3.57. The van der Waals surface area contributed by atoms with Crippen molar-refractivity contribution in [2.24, 2.45) is 0 Å². The van der Waals surface area contributed by atoms with Crippen LogP contribution in [0.2, 0.25) is 10.0 Å². The molecule has 22 heavy (non-hydrogen) atoms. The molecular formula is C14H14Cl2N2O3S. The Hall–Kier alpha value is -1.37. The molecule has 0 aliphatic heterocycles. The molecule has 0 aliphatic carbocycles. The Morgan fingerprint density at radius 2 is 2.14 bits per heavy atom. The summed E-state index contributed by atoms with van der Waals surface area (Å²) in [5.41, 5.74) is 0.682. The molecule has 5 nitrogen and oxygen atoms in total. The fourth-order valence-electron chi connectivity index (χ4n) is 1.69. The smallest absolute Gasteiger partial charge is 0.241 e. The van der Waals surface area contributed by atoms with Crippen LogP contribution in [0.1, 0.15) is 18.2 Å². The Balaban J connectivity index is 2.00. The highest BCUT2D eigenvalue weighted by atomic mass is 35.5. The van der Waals surface area contributed by atoms with Gasteiger partial charge in [0, 0.05) is 26.9 Å². The van der Waals surface area contributed by atoms with Gasteiger partial charge in [-0.25, -0.2) is 0 Å². The molecule has 2 aromatic rings. The third kappa shape index (κ3) is 4.32. The second kappa shape index (κ2) is 7.26. The first kappa shape index (κ1) is 17.0. The number of anilines is 1. The van der Waals surface area contributed by atoms with E-state index in [-0.39, 0.29) is 5.75 Å². The summed E-state index contributed by atoms with van der Waals surface area (Å²) in [6, 6.07) is 6.54. The van der Waals surface area contributed by atoms with Crippen LogP contribution >= 0.6 is 23.2 Å². The van der Waals surface area contributed by atoms with Gasteiger partial charge in [-0.15, -0.1) is 0 Å². The van der Waals surface area contributed by atoms with Crippen LogP contribution in [0.5, 0.6) is 0 Å². The number of hydrogen-bond acceptors (Lipinski definition) is 4. The molecule has 1 aromatic heterocycles. The second-order valence-corrected chi connectivity index (χ2v) is 7.32. The quantitative estimate of drug-likeness (QED) is 0.884. The molecule has 2 atom stereocenters. The fourth-order valence-corrected chi connectivity index (χ4v) is 3.35. The van der Waals surface area contributed by atoms with Gasteiger partial charge in [0.2, 0.25) is 5.91 Å². The van der Waals surface area contributed by atoms with E-state index >= 15 is 0 Å². The number of aryl methyl sites for hydroxylation is 1. The summed E-state index contributed by atoms with van der Waals surface area (Å²) in [6.07, 6.45) is 0. The van der Waals surface area contributed by atoms with E-state index in [1.54, 1.807) is 38.1 Å². The number of nitrogens with zero attached hydrogens (tertiary/aromatic N) is 1. The normalized spacial score (nSPS) is 13.6. The Morgan fingerprint density at radius 3 is 2.73 bits per heavy atom. The van der Waals surface area contributed by atoms with Crippen molar-refractivity contribution in [2.75, 3.05) is 5.32 Å². The third-order valence-electron chi connectivity index (χ3n) is 2.96. The molecule has 0 radical (unpaired) electrons. The van der Waals surface area contributed by atoms with Gasteiger partial charge in [0.1, 0.15) is 11.0 Å². The van der Waals surface area contributed by atoms with Gasteiger partial charge >= 0.3 is 0 Å². The number of carbonyl (C=O) groups is 1. The largest absolute Gasteiger partial charge is 0.360 e. The summed E-state index contributed by atoms with van der Waals surface area (Å²) in [4.78, 5) is 12.1. The zero-order chi connectivity index (χ0) is 16.3.